The Labute approximate surface area is 96.0 Å². The lowest BCUT2D eigenvalue weighted by atomic mass is 10.1. The predicted molar refractivity (Wildman–Crippen MR) is 64.3 cm³/mol. The number of rotatable bonds is 5. The minimum Gasteiger partial charge on any atom is -0.352 e. The van der Waals surface area contributed by atoms with E-state index < -0.39 is 0 Å². The van der Waals surface area contributed by atoms with Gasteiger partial charge in [-0.1, -0.05) is 12.1 Å². The molecule has 0 aliphatic heterocycles. The summed E-state index contributed by atoms with van der Waals surface area (Å²) in [6.07, 6.45) is 3.34. The van der Waals surface area contributed by atoms with E-state index in [0.29, 0.717) is 6.54 Å². The average Bonchev–Trinajstić information content (AvgIpc) is 3.10. The Morgan fingerprint density at radius 2 is 2.25 bits per heavy atom. The third-order valence-electron chi connectivity index (χ3n) is 2.87. The Balaban J connectivity index is 1.94. The van der Waals surface area contributed by atoms with Crippen molar-refractivity contribution in [3.8, 4) is 0 Å². The molecule has 0 heterocycles. The first-order valence-corrected chi connectivity index (χ1v) is 5.87. The summed E-state index contributed by atoms with van der Waals surface area (Å²) in [4.78, 5) is 11.8. The molecule has 1 fully saturated rings. The van der Waals surface area contributed by atoms with Gasteiger partial charge >= 0.3 is 0 Å². The lowest BCUT2D eigenvalue weighted by Crippen LogP contribution is -2.25. The highest BCUT2D eigenvalue weighted by Crippen LogP contribution is 2.27. The van der Waals surface area contributed by atoms with Crippen molar-refractivity contribution in [3.63, 3.8) is 0 Å². The molecule has 1 aliphatic carbocycles. The fourth-order valence-electron chi connectivity index (χ4n) is 1.70. The zero-order valence-electron chi connectivity index (χ0n) is 9.41. The highest BCUT2D eigenvalue weighted by Gasteiger charge is 2.21. The third-order valence-corrected chi connectivity index (χ3v) is 2.87. The van der Waals surface area contributed by atoms with Crippen LogP contribution in [-0.2, 0) is 6.42 Å². The number of carbonyl (C=O) groups excluding carboxylic acids is 1. The summed E-state index contributed by atoms with van der Waals surface area (Å²) in [5.41, 5.74) is 7.36. The van der Waals surface area contributed by atoms with Crippen molar-refractivity contribution in [2.24, 2.45) is 11.7 Å². The van der Waals surface area contributed by atoms with Crippen molar-refractivity contribution in [2.45, 2.75) is 19.3 Å². The molecule has 0 aromatic heterocycles. The van der Waals surface area contributed by atoms with Gasteiger partial charge in [0.2, 0.25) is 0 Å². The summed E-state index contributed by atoms with van der Waals surface area (Å²) in [6.45, 7) is 1.44. The standard InChI is InChI=1S/C13H18N2O/c14-7-6-10-2-1-3-12(8-10)13(16)15-9-11-4-5-11/h1-3,8,11H,4-7,9,14H2,(H,15,16). The van der Waals surface area contributed by atoms with Crippen LogP contribution in [0.25, 0.3) is 0 Å². The van der Waals surface area contributed by atoms with Crippen LogP contribution in [0.15, 0.2) is 24.3 Å². The molecule has 3 N–H and O–H groups in total. The van der Waals surface area contributed by atoms with Gasteiger partial charge in [-0.25, -0.2) is 0 Å². The van der Waals surface area contributed by atoms with Gasteiger partial charge in [0.25, 0.3) is 5.91 Å². The molecule has 3 nitrogen and oxygen atoms in total. The molecule has 16 heavy (non-hydrogen) atoms. The van der Waals surface area contributed by atoms with E-state index in [9.17, 15) is 4.79 Å². The van der Waals surface area contributed by atoms with E-state index in [0.717, 1.165) is 30.0 Å². The van der Waals surface area contributed by atoms with E-state index in [-0.39, 0.29) is 5.91 Å². The Bertz CT molecular complexity index is 372. The molecule has 0 saturated heterocycles. The number of hydrogen-bond acceptors (Lipinski definition) is 2. The van der Waals surface area contributed by atoms with Crippen LogP contribution in [-0.4, -0.2) is 19.0 Å². The lowest BCUT2D eigenvalue weighted by molar-refractivity contribution is 0.0951. The summed E-state index contributed by atoms with van der Waals surface area (Å²) >= 11 is 0. The second kappa shape index (κ2) is 5.12. The topological polar surface area (TPSA) is 55.1 Å². The van der Waals surface area contributed by atoms with Crippen molar-refractivity contribution < 1.29 is 4.79 Å². The Morgan fingerprint density at radius 3 is 2.94 bits per heavy atom. The van der Waals surface area contributed by atoms with E-state index in [2.05, 4.69) is 5.32 Å². The molecule has 3 heteroatoms. The molecule has 0 bridgehead atoms. The van der Waals surface area contributed by atoms with Crippen LogP contribution in [0.3, 0.4) is 0 Å². The molecular weight excluding hydrogens is 200 g/mol. The van der Waals surface area contributed by atoms with Crippen molar-refractivity contribution in [1.82, 2.24) is 5.32 Å². The van der Waals surface area contributed by atoms with Gasteiger partial charge in [-0.2, -0.15) is 0 Å². The summed E-state index contributed by atoms with van der Waals surface area (Å²) in [5, 5.41) is 2.96. The first kappa shape index (κ1) is 11.1. The van der Waals surface area contributed by atoms with Crippen LogP contribution in [0.2, 0.25) is 0 Å². The van der Waals surface area contributed by atoms with Gasteiger partial charge in [-0.3, -0.25) is 4.79 Å². The van der Waals surface area contributed by atoms with Crippen LogP contribution in [0, 0.1) is 5.92 Å². The number of nitrogens with two attached hydrogens (primary N) is 1. The number of carbonyl (C=O) groups is 1. The predicted octanol–water partition coefficient (Wildman–Crippen LogP) is 1.33. The van der Waals surface area contributed by atoms with Gasteiger partial charge in [-0.15, -0.1) is 0 Å². The van der Waals surface area contributed by atoms with Gasteiger partial charge in [0.15, 0.2) is 0 Å². The van der Waals surface area contributed by atoms with Crippen LogP contribution in [0.4, 0.5) is 0 Å². The van der Waals surface area contributed by atoms with E-state index in [1.54, 1.807) is 0 Å². The van der Waals surface area contributed by atoms with Gasteiger partial charge in [0, 0.05) is 12.1 Å². The molecule has 1 amide bonds. The fourth-order valence-corrected chi connectivity index (χ4v) is 1.70. The fraction of sp³-hybridized carbons (Fsp3) is 0.462. The smallest absolute Gasteiger partial charge is 0.251 e. The van der Waals surface area contributed by atoms with Gasteiger partial charge in [0.1, 0.15) is 0 Å². The van der Waals surface area contributed by atoms with Crippen molar-refractivity contribution >= 4 is 5.91 Å². The highest BCUT2D eigenvalue weighted by atomic mass is 16.1. The summed E-state index contributed by atoms with van der Waals surface area (Å²) in [6, 6.07) is 7.69. The van der Waals surface area contributed by atoms with E-state index in [1.165, 1.54) is 12.8 Å². The number of amides is 1. The number of nitrogens with one attached hydrogen (secondary N) is 1. The minimum atomic E-state index is 0.0331. The summed E-state index contributed by atoms with van der Waals surface area (Å²) in [5.74, 6) is 0.752. The average molecular weight is 218 g/mol. The molecule has 0 atom stereocenters. The van der Waals surface area contributed by atoms with Crippen molar-refractivity contribution in [3.05, 3.63) is 35.4 Å². The summed E-state index contributed by atoms with van der Waals surface area (Å²) in [7, 11) is 0. The Hall–Kier alpha value is -1.35. The Kier molecular flexibility index (Phi) is 3.57. The minimum absolute atomic E-state index is 0.0331. The maximum Gasteiger partial charge on any atom is 0.251 e. The molecule has 0 radical (unpaired) electrons. The molecule has 1 aromatic rings. The molecule has 1 saturated carbocycles. The largest absolute Gasteiger partial charge is 0.352 e. The first-order valence-electron chi connectivity index (χ1n) is 5.87. The molecule has 0 unspecified atom stereocenters. The normalized spacial score (nSPS) is 14.8. The van der Waals surface area contributed by atoms with E-state index >= 15 is 0 Å². The molecule has 86 valence electrons. The zero-order valence-corrected chi connectivity index (χ0v) is 9.41. The number of benzene rings is 1. The van der Waals surface area contributed by atoms with Crippen LogP contribution < -0.4 is 11.1 Å². The second-order valence-corrected chi connectivity index (χ2v) is 4.39. The van der Waals surface area contributed by atoms with Gasteiger partial charge in [0.05, 0.1) is 0 Å². The lowest BCUT2D eigenvalue weighted by Gasteiger charge is -2.05. The zero-order chi connectivity index (χ0) is 11.4. The third kappa shape index (κ3) is 3.07. The van der Waals surface area contributed by atoms with Crippen LogP contribution >= 0.6 is 0 Å². The number of hydrogen-bond donors (Lipinski definition) is 2. The van der Waals surface area contributed by atoms with Crippen molar-refractivity contribution in [1.29, 1.82) is 0 Å². The van der Waals surface area contributed by atoms with Crippen molar-refractivity contribution in [2.75, 3.05) is 13.1 Å². The molecule has 1 aliphatic rings. The van der Waals surface area contributed by atoms with Crippen LogP contribution in [0.5, 0.6) is 0 Å². The maximum atomic E-state index is 11.8. The maximum absolute atomic E-state index is 11.8. The molecule has 0 spiro atoms. The van der Waals surface area contributed by atoms with Crippen LogP contribution in [0.1, 0.15) is 28.8 Å². The second-order valence-electron chi connectivity index (χ2n) is 4.39. The Morgan fingerprint density at radius 1 is 1.44 bits per heavy atom. The monoisotopic (exact) mass is 218 g/mol. The molecule has 2 rings (SSSR count). The summed E-state index contributed by atoms with van der Waals surface area (Å²) < 4.78 is 0. The molecular formula is C13H18N2O. The first-order chi connectivity index (χ1) is 7.79. The van der Waals surface area contributed by atoms with Gasteiger partial charge in [-0.05, 0) is 49.4 Å². The highest BCUT2D eigenvalue weighted by molar-refractivity contribution is 5.94. The van der Waals surface area contributed by atoms with E-state index in [4.69, 9.17) is 5.73 Å². The quantitative estimate of drug-likeness (QED) is 0.783. The van der Waals surface area contributed by atoms with Gasteiger partial charge < -0.3 is 11.1 Å². The van der Waals surface area contributed by atoms with E-state index in [1.807, 2.05) is 24.3 Å². The molecule has 1 aromatic carbocycles. The SMILES string of the molecule is NCCc1cccc(C(=O)NCC2CC2)c1.